The number of nitrogens with zero attached hydrogens (tertiary/aromatic N) is 4. The minimum absolute atomic E-state index is 0.199. The summed E-state index contributed by atoms with van der Waals surface area (Å²) >= 11 is 1.87. The molecule has 6 nitrogen and oxygen atoms in total. The lowest BCUT2D eigenvalue weighted by atomic mass is 10.1. The van der Waals surface area contributed by atoms with Crippen LogP contribution in [-0.4, -0.2) is 59.6 Å². The second kappa shape index (κ2) is 11.0. The fourth-order valence-corrected chi connectivity index (χ4v) is 3.66. The van der Waals surface area contributed by atoms with Crippen LogP contribution in [0.4, 0.5) is 0 Å². The lowest BCUT2D eigenvalue weighted by molar-refractivity contribution is 0.306. The number of guanidine groups is 1. The van der Waals surface area contributed by atoms with E-state index in [1.807, 2.05) is 35.8 Å². The molecule has 1 aromatic heterocycles. The maximum Gasteiger partial charge on any atom is 0.191 e. The van der Waals surface area contributed by atoms with Crippen LogP contribution in [0.5, 0.6) is 0 Å². The van der Waals surface area contributed by atoms with Crippen molar-refractivity contribution in [1.29, 1.82) is 0 Å². The van der Waals surface area contributed by atoms with Crippen molar-refractivity contribution in [3.05, 3.63) is 48.3 Å². The normalized spacial score (nSPS) is 14.2. The van der Waals surface area contributed by atoms with E-state index in [0.29, 0.717) is 11.8 Å². The van der Waals surface area contributed by atoms with Gasteiger partial charge in [0.1, 0.15) is 0 Å². The Morgan fingerprint density at radius 3 is 2.59 bits per heavy atom. The Morgan fingerprint density at radius 1 is 1.26 bits per heavy atom. The van der Waals surface area contributed by atoms with Gasteiger partial charge < -0.3 is 15.5 Å². The second-order valence-electron chi connectivity index (χ2n) is 6.77. The van der Waals surface area contributed by atoms with Crippen molar-refractivity contribution < 1.29 is 0 Å². The number of aromatic nitrogens is 2. The second-order valence-corrected chi connectivity index (χ2v) is 8.28. The highest BCUT2D eigenvalue weighted by atomic mass is 32.2. The lowest BCUT2D eigenvalue weighted by Gasteiger charge is -2.22. The first-order chi connectivity index (χ1) is 13.0. The van der Waals surface area contributed by atoms with Gasteiger partial charge >= 0.3 is 0 Å². The van der Waals surface area contributed by atoms with E-state index < -0.39 is 0 Å². The number of hydrogen-bond acceptors (Lipinski definition) is 4. The molecule has 2 atom stereocenters. The van der Waals surface area contributed by atoms with E-state index in [9.17, 15) is 0 Å². The first-order valence-corrected chi connectivity index (χ1v) is 10.3. The molecule has 2 unspecified atom stereocenters. The van der Waals surface area contributed by atoms with Crippen LogP contribution in [0, 0.1) is 0 Å². The van der Waals surface area contributed by atoms with E-state index in [1.54, 1.807) is 0 Å². The third-order valence-corrected chi connectivity index (χ3v) is 5.25. The van der Waals surface area contributed by atoms with Crippen molar-refractivity contribution >= 4 is 17.7 Å². The average Bonchev–Trinajstić information content (AvgIpc) is 3.06. The molecule has 2 N–H and O–H groups in total. The van der Waals surface area contributed by atoms with Gasteiger partial charge in [-0.05, 0) is 33.2 Å². The van der Waals surface area contributed by atoms with E-state index in [1.165, 1.54) is 10.5 Å². The minimum Gasteiger partial charge on any atom is -0.357 e. The maximum absolute atomic E-state index is 4.81. The van der Waals surface area contributed by atoms with Crippen LogP contribution in [-0.2, 0) is 7.05 Å². The number of likely N-dealkylation sites (N-methyl/N-ethyl adjacent to an activating group) is 1. The first-order valence-electron chi connectivity index (χ1n) is 9.38. The smallest absolute Gasteiger partial charge is 0.191 e. The van der Waals surface area contributed by atoms with E-state index in [2.05, 4.69) is 79.0 Å². The quantitative estimate of drug-likeness (QED) is 0.393. The summed E-state index contributed by atoms with van der Waals surface area (Å²) in [4.78, 5) is 8.27. The number of hydrogen-bond donors (Lipinski definition) is 2. The van der Waals surface area contributed by atoms with Gasteiger partial charge in [-0.15, -0.1) is 11.8 Å². The standard InChI is InChI=1S/C20H32N6S/c1-6-21-20(22-12-16(2)27-18-10-8-7-9-11-18)23-14-19(25(3)4)17-13-24-26(5)15-17/h7-11,13,15-16,19H,6,12,14H2,1-5H3,(H2,21,22,23). The molecular weight excluding hydrogens is 356 g/mol. The van der Waals surface area contributed by atoms with Crippen LogP contribution in [0.3, 0.4) is 0 Å². The Bertz CT molecular complexity index is 698. The molecule has 0 aliphatic carbocycles. The van der Waals surface area contributed by atoms with Crippen molar-refractivity contribution in [2.24, 2.45) is 12.0 Å². The summed E-state index contributed by atoms with van der Waals surface area (Å²) in [5.41, 5.74) is 1.18. The Morgan fingerprint density at radius 2 is 2.00 bits per heavy atom. The van der Waals surface area contributed by atoms with Crippen molar-refractivity contribution in [2.75, 3.05) is 33.7 Å². The highest BCUT2D eigenvalue weighted by Crippen LogP contribution is 2.22. The van der Waals surface area contributed by atoms with Gasteiger partial charge in [-0.1, -0.05) is 25.1 Å². The van der Waals surface area contributed by atoms with Gasteiger partial charge in [0.15, 0.2) is 5.96 Å². The van der Waals surface area contributed by atoms with Crippen LogP contribution >= 0.6 is 11.8 Å². The van der Waals surface area contributed by atoms with Crippen LogP contribution < -0.4 is 10.6 Å². The van der Waals surface area contributed by atoms with Crippen molar-refractivity contribution in [1.82, 2.24) is 25.3 Å². The zero-order valence-corrected chi connectivity index (χ0v) is 17.8. The summed E-state index contributed by atoms with van der Waals surface area (Å²) in [6, 6.07) is 10.7. The zero-order valence-electron chi connectivity index (χ0n) is 17.0. The molecule has 1 aromatic carbocycles. The number of benzene rings is 1. The van der Waals surface area contributed by atoms with E-state index in [0.717, 1.165) is 19.0 Å². The number of nitrogens with one attached hydrogen (secondary N) is 2. The van der Waals surface area contributed by atoms with Crippen molar-refractivity contribution in [2.45, 2.75) is 30.0 Å². The third-order valence-electron chi connectivity index (χ3n) is 4.14. The summed E-state index contributed by atoms with van der Waals surface area (Å²) in [5.74, 6) is 0.855. The molecule has 0 saturated heterocycles. The van der Waals surface area contributed by atoms with E-state index >= 15 is 0 Å². The van der Waals surface area contributed by atoms with Crippen LogP contribution in [0.1, 0.15) is 25.5 Å². The Labute approximate surface area is 167 Å². The average molecular weight is 389 g/mol. The highest BCUT2D eigenvalue weighted by molar-refractivity contribution is 8.00. The summed E-state index contributed by atoms with van der Waals surface area (Å²) < 4.78 is 1.83. The lowest BCUT2D eigenvalue weighted by Crippen LogP contribution is -2.40. The van der Waals surface area contributed by atoms with Crippen molar-refractivity contribution in [3.63, 3.8) is 0 Å². The van der Waals surface area contributed by atoms with Gasteiger partial charge in [0.2, 0.25) is 0 Å². The molecule has 0 bridgehead atoms. The summed E-state index contributed by atoms with van der Waals surface area (Å²) in [6.07, 6.45) is 3.97. The molecule has 1 heterocycles. The van der Waals surface area contributed by atoms with Gasteiger partial charge in [-0.25, -0.2) is 0 Å². The fourth-order valence-electron chi connectivity index (χ4n) is 2.71. The number of thioether (sulfide) groups is 1. The van der Waals surface area contributed by atoms with E-state index in [-0.39, 0.29) is 6.04 Å². The zero-order chi connectivity index (χ0) is 19.6. The molecule has 27 heavy (non-hydrogen) atoms. The maximum atomic E-state index is 4.81. The third kappa shape index (κ3) is 7.27. The van der Waals surface area contributed by atoms with Gasteiger partial charge in [0, 0.05) is 42.0 Å². The summed E-state index contributed by atoms with van der Waals surface area (Å²) in [5, 5.41) is 11.5. The molecule has 0 aliphatic rings. The molecule has 0 fully saturated rings. The minimum atomic E-state index is 0.199. The number of aryl methyl sites for hydroxylation is 1. The molecule has 2 aromatic rings. The monoisotopic (exact) mass is 388 g/mol. The number of rotatable bonds is 9. The van der Waals surface area contributed by atoms with Crippen LogP contribution in [0.25, 0.3) is 0 Å². The Kier molecular flexibility index (Phi) is 8.67. The van der Waals surface area contributed by atoms with Gasteiger partial charge in [-0.3, -0.25) is 9.67 Å². The topological polar surface area (TPSA) is 57.5 Å². The van der Waals surface area contributed by atoms with Crippen LogP contribution in [0.15, 0.2) is 52.6 Å². The van der Waals surface area contributed by atoms with Crippen LogP contribution in [0.2, 0.25) is 0 Å². The number of aliphatic imine (C=N–C) groups is 1. The van der Waals surface area contributed by atoms with E-state index in [4.69, 9.17) is 4.99 Å². The molecule has 0 saturated carbocycles. The molecule has 2 rings (SSSR count). The summed E-state index contributed by atoms with van der Waals surface area (Å²) in [6.45, 7) is 6.68. The predicted octanol–water partition coefficient (Wildman–Crippen LogP) is 2.76. The molecule has 0 radical (unpaired) electrons. The Balaban J connectivity index is 1.94. The molecule has 148 valence electrons. The fraction of sp³-hybridized carbons (Fsp3) is 0.500. The molecular formula is C20H32N6S. The predicted molar refractivity (Wildman–Crippen MR) is 115 cm³/mol. The summed E-state index contributed by atoms with van der Waals surface area (Å²) in [7, 11) is 6.09. The molecule has 7 heteroatoms. The molecule has 0 aliphatic heterocycles. The van der Waals surface area contributed by atoms with Gasteiger partial charge in [0.05, 0.1) is 18.8 Å². The molecule has 0 spiro atoms. The highest BCUT2D eigenvalue weighted by Gasteiger charge is 2.16. The Hall–Kier alpha value is -1.99. The SMILES string of the molecule is CCNC(=NCC(c1cnn(C)c1)N(C)C)NCC(C)Sc1ccccc1. The largest absolute Gasteiger partial charge is 0.357 e. The van der Waals surface area contributed by atoms with Gasteiger partial charge in [0.25, 0.3) is 0 Å². The van der Waals surface area contributed by atoms with Crippen molar-refractivity contribution in [3.8, 4) is 0 Å². The first kappa shape index (κ1) is 21.3. The van der Waals surface area contributed by atoms with Gasteiger partial charge in [-0.2, -0.15) is 5.10 Å². The molecule has 0 amide bonds.